The average molecular weight is 334 g/mol. The van der Waals surface area contributed by atoms with Crippen molar-refractivity contribution in [3.8, 4) is 5.69 Å². The summed E-state index contributed by atoms with van der Waals surface area (Å²) in [4.78, 5) is 11.1. The van der Waals surface area contributed by atoms with Gasteiger partial charge in [-0.15, -0.1) is 5.10 Å². The summed E-state index contributed by atoms with van der Waals surface area (Å²) in [6.07, 6.45) is -4.16. The SMILES string of the molecule is O=C(c1cn(-c2c(Cl)ccc3nsnc23)nn1)C(F)(F)F. The van der Waals surface area contributed by atoms with Crippen molar-refractivity contribution < 1.29 is 18.0 Å². The first kappa shape index (κ1) is 13.9. The first-order chi connectivity index (χ1) is 9.88. The molecular formula is C10H3ClF3N5OS. The lowest BCUT2D eigenvalue weighted by atomic mass is 10.2. The highest BCUT2D eigenvalue weighted by Gasteiger charge is 2.41. The number of benzene rings is 1. The number of nitrogens with zero attached hydrogens (tertiary/aromatic N) is 5. The van der Waals surface area contributed by atoms with E-state index < -0.39 is 17.7 Å². The molecule has 0 N–H and O–H groups in total. The van der Waals surface area contributed by atoms with Gasteiger partial charge in [0.05, 0.1) is 22.9 Å². The third kappa shape index (κ3) is 2.36. The van der Waals surface area contributed by atoms with Crippen molar-refractivity contribution in [1.29, 1.82) is 0 Å². The second-order valence-corrected chi connectivity index (χ2v) is 4.84. The van der Waals surface area contributed by atoms with Crippen molar-refractivity contribution in [3.05, 3.63) is 29.0 Å². The molecule has 0 aliphatic carbocycles. The number of hydrogen-bond donors (Lipinski definition) is 0. The molecule has 3 rings (SSSR count). The van der Waals surface area contributed by atoms with Gasteiger partial charge in [0.15, 0.2) is 5.69 Å². The van der Waals surface area contributed by atoms with Gasteiger partial charge in [0, 0.05) is 0 Å². The number of alkyl halides is 3. The Morgan fingerprint density at radius 1 is 1.29 bits per heavy atom. The minimum absolute atomic E-state index is 0.200. The molecule has 0 bridgehead atoms. The predicted molar refractivity (Wildman–Crippen MR) is 67.7 cm³/mol. The van der Waals surface area contributed by atoms with Crippen molar-refractivity contribution >= 4 is 40.1 Å². The van der Waals surface area contributed by atoms with E-state index in [0.29, 0.717) is 11.0 Å². The third-order valence-electron chi connectivity index (χ3n) is 2.56. The highest BCUT2D eigenvalue weighted by Crippen LogP contribution is 2.28. The summed E-state index contributed by atoms with van der Waals surface area (Å²) in [5.41, 5.74) is 0.275. The van der Waals surface area contributed by atoms with Crippen LogP contribution in [-0.2, 0) is 0 Å². The molecule has 0 radical (unpaired) electrons. The largest absolute Gasteiger partial charge is 0.456 e. The van der Waals surface area contributed by atoms with Gasteiger partial charge in [0.25, 0.3) is 5.78 Å². The molecule has 2 aromatic heterocycles. The first-order valence-corrected chi connectivity index (χ1v) is 6.44. The summed E-state index contributed by atoms with van der Waals surface area (Å²) in [6, 6.07) is 3.12. The van der Waals surface area contributed by atoms with Crippen LogP contribution in [0.15, 0.2) is 18.3 Å². The van der Waals surface area contributed by atoms with Gasteiger partial charge in [0.1, 0.15) is 16.7 Å². The Hall–Kier alpha value is -2.07. The zero-order valence-corrected chi connectivity index (χ0v) is 11.4. The molecule has 1 aromatic carbocycles. The van der Waals surface area contributed by atoms with Gasteiger partial charge in [-0.05, 0) is 12.1 Å². The number of ketones is 1. The van der Waals surface area contributed by atoms with Crippen LogP contribution in [0, 0.1) is 0 Å². The van der Waals surface area contributed by atoms with Gasteiger partial charge in [-0.3, -0.25) is 4.79 Å². The van der Waals surface area contributed by atoms with Crippen LogP contribution in [0.3, 0.4) is 0 Å². The van der Waals surface area contributed by atoms with E-state index in [0.717, 1.165) is 22.6 Å². The molecule has 11 heteroatoms. The Morgan fingerprint density at radius 2 is 2.05 bits per heavy atom. The molecule has 0 atom stereocenters. The molecule has 0 unspecified atom stereocenters. The van der Waals surface area contributed by atoms with Gasteiger partial charge >= 0.3 is 6.18 Å². The van der Waals surface area contributed by atoms with Gasteiger partial charge in [-0.1, -0.05) is 16.8 Å². The molecule has 0 saturated heterocycles. The van der Waals surface area contributed by atoms with Crippen LogP contribution in [-0.4, -0.2) is 35.7 Å². The number of halogens is 4. The van der Waals surface area contributed by atoms with Crippen molar-refractivity contribution in [3.63, 3.8) is 0 Å². The Labute approximate surface area is 123 Å². The summed E-state index contributed by atoms with van der Waals surface area (Å²) in [6.45, 7) is 0. The minimum Gasteiger partial charge on any atom is -0.282 e. The average Bonchev–Trinajstić information content (AvgIpc) is 3.04. The van der Waals surface area contributed by atoms with Crippen LogP contribution >= 0.6 is 23.3 Å². The standard InChI is InChI=1S/C10H3ClF3N5OS/c11-4-1-2-5-7(17-21-16-5)8(4)19-3-6(15-18-19)9(20)10(12,13)14/h1-3H. The number of rotatable bonds is 2. The van der Waals surface area contributed by atoms with Crippen LogP contribution in [0.25, 0.3) is 16.7 Å². The van der Waals surface area contributed by atoms with Crippen molar-refractivity contribution in [2.24, 2.45) is 0 Å². The molecule has 108 valence electrons. The summed E-state index contributed by atoms with van der Waals surface area (Å²) in [7, 11) is 0. The maximum absolute atomic E-state index is 12.4. The summed E-state index contributed by atoms with van der Waals surface area (Å²) in [5.74, 6) is -2.08. The highest BCUT2D eigenvalue weighted by molar-refractivity contribution is 7.00. The zero-order chi connectivity index (χ0) is 15.2. The molecule has 6 nitrogen and oxygen atoms in total. The fourth-order valence-electron chi connectivity index (χ4n) is 1.65. The predicted octanol–water partition coefficient (Wildman–Crippen LogP) is 2.67. The Morgan fingerprint density at radius 3 is 2.76 bits per heavy atom. The minimum atomic E-state index is -5.02. The Balaban J connectivity index is 2.13. The van der Waals surface area contributed by atoms with E-state index in [1.54, 1.807) is 6.07 Å². The van der Waals surface area contributed by atoms with E-state index in [2.05, 4.69) is 19.1 Å². The zero-order valence-electron chi connectivity index (χ0n) is 9.80. The lowest BCUT2D eigenvalue weighted by Crippen LogP contribution is -2.23. The second kappa shape index (κ2) is 4.74. The molecule has 0 saturated carbocycles. The number of Topliss-reactive ketones (excluding diaryl/α,β-unsaturated/α-hetero) is 1. The van der Waals surface area contributed by atoms with E-state index in [1.807, 2.05) is 0 Å². The molecule has 0 amide bonds. The summed E-state index contributed by atoms with van der Waals surface area (Å²) >= 11 is 6.94. The van der Waals surface area contributed by atoms with E-state index >= 15 is 0 Å². The van der Waals surface area contributed by atoms with Gasteiger partial charge in [-0.2, -0.15) is 21.9 Å². The summed E-state index contributed by atoms with van der Waals surface area (Å²) in [5, 5.41) is 6.94. The lowest BCUT2D eigenvalue weighted by Gasteiger charge is -2.03. The number of aromatic nitrogens is 5. The van der Waals surface area contributed by atoms with Crippen LogP contribution in [0.1, 0.15) is 10.5 Å². The lowest BCUT2D eigenvalue weighted by molar-refractivity contribution is -0.0888. The van der Waals surface area contributed by atoms with Crippen molar-refractivity contribution in [1.82, 2.24) is 23.7 Å². The fourth-order valence-corrected chi connectivity index (χ4v) is 2.43. The maximum Gasteiger partial charge on any atom is 0.456 e. The van der Waals surface area contributed by atoms with E-state index in [9.17, 15) is 18.0 Å². The Bertz CT molecular complexity index is 843. The molecule has 3 aromatic rings. The maximum atomic E-state index is 12.4. The molecule has 21 heavy (non-hydrogen) atoms. The number of hydrogen-bond acceptors (Lipinski definition) is 6. The van der Waals surface area contributed by atoms with Gasteiger partial charge in [-0.25, -0.2) is 4.68 Å². The molecular weight excluding hydrogens is 331 g/mol. The second-order valence-electron chi connectivity index (χ2n) is 3.90. The van der Waals surface area contributed by atoms with E-state index in [-0.39, 0.29) is 10.7 Å². The number of carbonyl (C=O) groups is 1. The summed E-state index contributed by atoms with van der Waals surface area (Å²) < 4.78 is 46.0. The van der Waals surface area contributed by atoms with Gasteiger partial charge < -0.3 is 0 Å². The number of carbonyl (C=O) groups excluding carboxylic acids is 1. The topological polar surface area (TPSA) is 73.6 Å². The van der Waals surface area contributed by atoms with Crippen LogP contribution in [0.5, 0.6) is 0 Å². The van der Waals surface area contributed by atoms with Crippen LogP contribution < -0.4 is 0 Å². The van der Waals surface area contributed by atoms with E-state index in [1.165, 1.54) is 6.07 Å². The normalized spacial score (nSPS) is 12.0. The van der Waals surface area contributed by atoms with Crippen molar-refractivity contribution in [2.45, 2.75) is 6.18 Å². The molecule has 0 spiro atoms. The Kier molecular flexibility index (Phi) is 3.14. The highest BCUT2D eigenvalue weighted by atomic mass is 35.5. The first-order valence-electron chi connectivity index (χ1n) is 5.33. The molecule has 0 aliphatic heterocycles. The third-order valence-corrected chi connectivity index (χ3v) is 3.41. The fraction of sp³-hybridized carbons (Fsp3) is 0.100. The smallest absolute Gasteiger partial charge is 0.282 e. The molecule has 2 heterocycles. The van der Waals surface area contributed by atoms with E-state index in [4.69, 9.17) is 11.6 Å². The van der Waals surface area contributed by atoms with Crippen LogP contribution in [0.2, 0.25) is 5.02 Å². The van der Waals surface area contributed by atoms with Crippen molar-refractivity contribution in [2.75, 3.05) is 0 Å². The number of fused-ring (bicyclic) bond motifs is 1. The van der Waals surface area contributed by atoms with Crippen LogP contribution in [0.4, 0.5) is 13.2 Å². The molecule has 0 fully saturated rings. The monoisotopic (exact) mass is 333 g/mol. The van der Waals surface area contributed by atoms with Gasteiger partial charge in [0.2, 0.25) is 0 Å². The quantitative estimate of drug-likeness (QED) is 0.674. The molecule has 0 aliphatic rings.